The lowest BCUT2D eigenvalue weighted by Crippen LogP contribution is -2.19. The van der Waals surface area contributed by atoms with Gasteiger partial charge in [-0.2, -0.15) is 0 Å². The molecule has 0 radical (unpaired) electrons. The van der Waals surface area contributed by atoms with E-state index in [1.807, 2.05) is 0 Å². The molecule has 0 aromatic heterocycles. The Bertz CT molecular complexity index is 1180. The maximum atomic E-state index is 2.39. The van der Waals surface area contributed by atoms with Gasteiger partial charge in [-0.1, -0.05) is 153 Å². The topological polar surface area (TPSA) is 0 Å². The molecule has 0 amide bonds. The molecule has 4 aromatic rings. The van der Waals surface area contributed by atoms with Gasteiger partial charge in [0.1, 0.15) is 0 Å². The van der Waals surface area contributed by atoms with Crippen LogP contribution in [0.4, 0.5) is 0 Å². The van der Waals surface area contributed by atoms with E-state index in [1.54, 1.807) is 0 Å². The minimum atomic E-state index is -0.440. The Morgan fingerprint density at radius 2 is 1.03 bits per heavy atom. The zero-order chi connectivity index (χ0) is 25.8. The fraction of sp³-hybridized carbons (Fsp3) is 0.294. The minimum absolute atomic E-state index is 0.174. The summed E-state index contributed by atoms with van der Waals surface area (Å²) in [6.07, 6.45) is 2.26. The highest BCUT2D eigenvalue weighted by atomic mass is 31.1. The van der Waals surface area contributed by atoms with Gasteiger partial charge in [0, 0.05) is 0 Å². The second-order valence-electron chi connectivity index (χ2n) is 11.6. The van der Waals surface area contributed by atoms with Gasteiger partial charge in [-0.3, -0.25) is 0 Å². The molecule has 0 saturated heterocycles. The molecular formula is C34H40P2. The third-order valence-corrected chi connectivity index (χ3v) is 10.7. The van der Waals surface area contributed by atoms with E-state index in [0.717, 1.165) is 12.6 Å². The van der Waals surface area contributed by atoms with Gasteiger partial charge in [0.2, 0.25) is 0 Å². The first-order valence-electron chi connectivity index (χ1n) is 13.0. The maximum absolute atomic E-state index is 2.39. The summed E-state index contributed by atoms with van der Waals surface area (Å²) in [4.78, 5) is 0. The van der Waals surface area contributed by atoms with Gasteiger partial charge in [-0.25, -0.2) is 0 Å². The van der Waals surface area contributed by atoms with Crippen LogP contribution in [0.1, 0.15) is 58.2 Å². The Labute approximate surface area is 222 Å². The lowest BCUT2D eigenvalue weighted by molar-refractivity contribution is 0.590. The first-order valence-corrected chi connectivity index (χ1v) is 15.5. The van der Waals surface area contributed by atoms with Crippen LogP contribution in [0, 0.1) is 0 Å². The summed E-state index contributed by atoms with van der Waals surface area (Å²) in [7, 11) is 0.263. The molecule has 0 saturated carbocycles. The van der Waals surface area contributed by atoms with E-state index in [-0.39, 0.29) is 10.8 Å². The van der Waals surface area contributed by atoms with Crippen LogP contribution in [-0.4, -0.2) is 6.16 Å². The fourth-order valence-corrected chi connectivity index (χ4v) is 7.98. The van der Waals surface area contributed by atoms with Crippen LogP contribution in [0.25, 0.3) is 0 Å². The molecule has 0 spiro atoms. The molecular weight excluding hydrogens is 470 g/mol. The Hall–Kier alpha value is -2.26. The average molecular weight is 511 g/mol. The summed E-state index contributed by atoms with van der Waals surface area (Å²) >= 11 is 0. The van der Waals surface area contributed by atoms with Gasteiger partial charge >= 0.3 is 0 Å². The van der Waals surface area contributed by atoms with Crippen molar-refractivity contribution >= 4 is 37.7 Å². The highest BCUT2D eigenvalue weighted by Gasteiger charge is 2.19. The molecule has 0 aliphatic rings. The zero-order valence-corrected chi connectivity index (χ0v) is 24.6. The van der Waals surface area contributed by atoms with Crippen molar-refractivity contribution in [3.05, 3.63) is 120 Å². The maximum Gasteiger partial charge on any atom is -0.0132 e. The standard InChI is InChI=1S/C34H40P2/c1-33(2,3)27-16-20-30(21-17-27)36(31-22-18-28(19-23-31)34(4,5)6)25-24-26-12-10-11-15-32(26)35-29-13-8-7-9-14-29/h7-23,35H,24-25H2,1-6H3. The van der Waals surface area contributed by atoms with E-state index in [1.165, 1.54) is 37.9 Å². The van der Waals surface area contributed by atoms with E-state index in [2.05, 4.69) is 145 Å². The molecule has 2 heteroatoms. The molecule has 0 aliphatic carbocycles. The third-order valence-electron chi connectivity index (χ3n) is 6.76. The van der Waals surface area contributed by atoms with Gasteiger partial charge in [-0.05, 0) is 69.2 Å². The number of hydrogen-bond donors (Lipinski definition) is 0. The number of rotatable bonds is 7. The Balaban J connectivity index is 1.63. The molecule has 0 heterocycles. The largest absolute Gasteiger partial charge is 0.0622 e. The summed E-state index contributed by atoms with van der Waals surface area (Å²) in [6.45, 7) is 13.8. The van der Waals surface area contributed by atoms with Gasteiger partial charge in [0.15, 0.2) is 0 Å². The van der Waals surface area contributed by atoms with Gasteiger partial charge in [0.25, 0.3) is 0 Å². The minimum Gasteiger partial charge on any atom is -0.0622 e. The fourth-order valence-electron chi connectivity index (χ4n) is 4.46. The summed E-state index contributed by atoms with van der Waals surface area (Å²) < 4.78 is 0. The average Bonchev–Trinajstić information content (AvgIpc) is 2.85. The molecule has 0 N–H and O–H groups in total. The number of hydrogen-bond acceptors (Lipinski definition) is 0. The van der Waals surface area contributed by atoms with Crippen molar-refractivity contribution in [1.29, 1.82) is 0 Å². The van der Waals surface area contributed by atoms with Crippen LogP contribution < -0.4 is 21.2 Å². The highest BCUT2D eigenvalue weighted by molar-refractivity contribution is 7.73. The molecule has 4 rings (SSSR count). The van der Waals surface area contributed by atoms with Crippen LogP contribution in [0.3, 0.4) is 0 Å². The Kier molecular flexibility index (Phi) is 8.50. The number of benzene rings is 4. The normalized spacial score (nSPS) is 12.5. The molecule has 0 nitrogen and oxygen atoms in total. The Morgan fingerprint density at radius 1 is 0.556 bits per heavy atom. The van der Waals surface area contributed by atoms with Crippen LogP contribution in [0.2, 0.25) is 0 Å². The molecule has 4 aromatic carbocycles. The van der Waals surface area contributed by atoms with Crippen LogP contribution >= 0.6 is 16.5 Å². The summed E-state index contributed by atoms with van der Waals surface area (Å²) in [5.41, 5.74) is 4.64. The van der Waals surface area contributed by atoms with E-state index in [4.69, 9.17) is 0 Å². The smallest absolute Gasteiger partial charge is 0.0132 e. The van der Waals surface area contributed by atoms with Gasteiger partial charge in [0.05, 0.1) is 0 Å². The van der Waals surface area contributed by atoms with E-state index >= 15 is 0 Å². The van der Waals surface area contributed by atoms with Gasteiger partial charge < -0.3 is 0 Å². The van der Waals surface area contributed by atoms with Crippen molar-refractivity contribution in [2.45, 2.75) is 58.8 Å². The summed E-state index contributed by atoms with van der Waals surface area (Å²) in [6, 6.07) is 38.9. The predicted octanol–water partition coefficient (Wildman–Crippen LogP) is 7.59. The quantitative estimate of drug-likeness (QED) is 0.225. The molecule has 0 fully saturated rings. The summed E-state index contributed by atoms with van der Waals surface area (Å²) in [5.74, 6) is 0. The zero-order valence-electron chi connectivity index (χ0n) is 22.7. The van der Waals surface area contributed by atoms with Crippen LogP contribution in [-0.2, 0) is 17.3 Å². The van der Waals surface area contributed by atoms with E-state index in [0.29, 0.717) is 8.58 Å². The lowest BCUT2D eigenvalue weighted by Gasteiger charge is -2.24. The third kappa shape index (κ3) is 6.94. The van der Waals surface area contributed by atoms with Crippen molar-refractivity contribution in [3.63, 3.8) is 0 Å². The first kappa shape index (κ1) is 26.8. The lowest BCUT2D eigenvalue weighted by atomic mass is 9.87. The predicted molar refractivity (Wildman–Crippen MR) is 166 cm³/mol. The summed E-state index contributed by atoms with van der Waals surface area (Å²) in [5, 5.41) is 5.83. The van der Waals surface area contributed by atoms with E-state index in [9.17, 15) is 0 Å². The molecule has 1 unspecified atom stereocenters. The van der Waals surface area contributed by atoms with Crippen LogP contribution in [0.15, 0.2) is 103 Å². The Morgan fingerprint density at radius 3 is 1.53 bits per heavy atom. The first-order chi connectivity index (χ1) is 17.1. The van der Waals surface area contributed by atoms with Crippen molar-refractivity contribution in [2.24, 2.45) is 0 Å². The molecule has 36 heavy (non-hydrogen) atoms. The van der Waals surface area contributed by atoms with E-state index < -0.39 is 7.92 Å². The SMILES string of the molecule is CC(C)(C)c1ccc(P(CCc2ccccc2Pc2ccccc2)c2ccc(C(C)(C)C)cc2)cc1. The van der Waals surface area contributed by atoms with Crippen molar-refractivity contribution < 1.29 is 0 Å². The molecule has 0 aliphatic heterocycles. The molecule has 0 bridgehead atoms. The van der Waals surface area contributed by atoms with Crippen molar-refractivity contribution in [2.75, 3.05) is 6.16 Å². The number of aryl methyl sites for hydroxylation is 1. The van der Waals surface area contributed by atoms with Crippen molar-refractivity contribution in [1.82, 2.24) is 0 Å². The van der Waals surface area contributed by atoms with Crippen LogP contribution in [0.5, 0.6) is 0 Å². The monoisotopic (exact) mass is 510 g/mol. The second kappa shape index (κ2) is 11.4. The van der Waals surface area contributed by atoms with Crippen molar-refractivity contribution in [3.8, 4) is 0 Å². The highest BCUT2D eigenvalue weighted by Crippen LogP contribution is 2.36. The molecule has 186 valence electrons. The molecule has 1 atom stereocenters. The second-order valence-corrected chi connectivity index (χ2v) is 15.3. The van der Waals surface area contributed by atoms with Gasteiger partial charge in [-0.15, -0.1) is 0 Å².